The number of benzene rings is 1. The zero-order chi connectivity index (χ0) is 12.5. The minimum absolute atomic E-state index is 0.322. The summed E-state index contributed by atoms with van der Waals surface area (Å²) in [6.45, 7) is 2.22. The molecule has 2 aromatic rings. The molecule has 1 atom stereocenters. The molecule has 0 spiro atoms. The number of para-hydroxylation sites is 1. The molecule has 4 nitrogen and oxygen atoms in total. The Kier molecular flexibility index (Phi) is 2.63. The van der Waals surface area contributed by atoms with Crippen molar-refractivity contribution in [1.82, 2.24) is 9.97 Å². The van der Waals surface area contributed by atoms with E-state index in [2.05, 4.69) is 46.1 Å². The van der Waals surface area contributed by atoms with Crippen LogP contribution in [0.4, 0.5) is 17.5 Å². The van der Waals surface area contributed by atoms with Crippen LogP contribution in [-0.4, -0.2) is 16.0 Å². The van der Waals surface area contributed by atoms with Crippen molar-refractivity contribution in [3.63, 3.8) is 0 Å². The Balaban J connectivity index is 2.10. The minimum atomic E-state index is 0.322. The molecular formula is C14H16N4. The van der Waals surface area contributed by atoms with Crippen LogP contribution in [0, 0.1) is 0 Å². The minimum Gasteiger partial charge on any atom is -0.368 e. The normalized spacial score (nSPS) is 18.5. The summed E-state index contributed by atoms with van der Waals surface area (Å²) in [6.07, 6.45) is 3.96. The summed E-state index contributed by atoms with van der Waals surface area (Å²) in [6, 6.07) is 10.8. The van der Waals surface area contributed by atoms with Crippen LogP contribution in [0.15, 0.2) is 36.5 Å². The molecule has 1 aromatic heterocycles. The Labute approximate surface area is 106 Å². The summed E-state index contributed by atoms with van der Waals surface area (Å²) in [5, 5.41) is 0. The van der Waals surface area contributed by atoms with Gasteiger partial charge in [-0.25, -0.2) is 4.98 Å². The zero-order valence-corrected chi connectivity index (χ0v) is 10.4. The Morgan fingerprint density at radius 2 is 2.11 bits per heavy atom. The van der Waals surface area contributed by atoms with E-state index in [1.54, 1.807) is 6.20 Å². The van der Waals surface area contributed by atoms with Gasteiger partial charge in [-0.3, -0.25) is 0 Å². The van der Waals surface area contributed by atoms with E-state index in [1.165, 1.54) is 11.3 Å². The molecule has 4 heteroatoms. The molecule has 0 amide bonds. The first kappa shape index (κ1) is 11.0. The molecule has 18 heavy (non-hydrogen) atoms. The average molecular weight is 240 g/mol. The molecule has 2 heterocycles. The highest BCUT2D eigenvalue weighted by Gasteiger charge is 2.24. The van der Waals surface area contributed by atoms with Crippen molar-refractivity contribution in [3.05, 3.63) is 42.1 Å². The van der Waals surface area contributed by atoms with Gasteiger partial charge >= 0.3 is 0 Å². The predicted molar refractivity (Wildman–Crippen MR) is 72.8 cm³/mol. The van der Waals surface area contributed by atoms with Crippen LogP contribution in [0.5, 0.6) is 0 Å². The maximum Gasteiger partial charge on any atom is 0.221 e. The van der Waals surface area contributed by atoms with Gasteiger partial charge in [0.1, 0.15) is 5.82 Å². The van der Waals surface area contributed by atoms with E-state index in [1.807, 2.05) is 6.07 Å². The lowest BCUT2D eigenvalue weighted by atomic mass is 9.97. The highest BCUT2D eigenvalue weighted by Crippen LogP contribution is 2.35. The topological polar surface area (TPSA) is 55.0 Å². The summed E-state index contributed by atoms with van der Waals surface area (Å²) >= 11 is 0. The first-order valence-corrected chi connectivity index (χ1v) is 6.21. The largest absolute Gasteiger partial charge is 0.368 e. The van der Waals surface area contributed by atoms with Gasteiger partial charge in [0.2, 0.25) is 5.95 Å². The van der Waals surface area contributed by atoms with E-state index < -0.39 is 0 Å². The van der Waals surface area contributed by atoms with Gasteiger partial charge in [0.15, 0.2) is 0 Å². The summed E-state index contributed by atoms with van der Waals surface area (Å²) in [5.41, 5.74) is 8.28. The molecule has 0 aliphatic carbocycles. The van der Waals surface area contributed by atoms with E-state index in [0.29, 0.717) is 12.0 Å². The molecule has 0 fully saturated rings. The molecule has 0 saturated carbocycles. The number of fused-ring (bicyclic) bond motifs is 1. The zero-order valence-electron chi connectivity index (χ0n) is 10.4. The number of aryl methyl sites for hydroxylation is 1. The van der Waals surface area contributed by atoms with Crippen molar-refractivity contribution in [2.75, 3.05) is 10.6 Å². The van der Waals surface area contributed by atoms with E-state index in [0.717, 1.165) is 18.7 Å². The molecule has 0 radical (unpaired) electrons. The molecule has 2 N–H and O–H groups in total. The molecule has 0 bridgehead atoms. The maximum absolute atomic E-state index is 5.68. The highest BCUT2D eigenvalue weighted by atomic mass is 15.2. The fraction of sp³-hybridized carbons (Fsp3) is 0.286. The molecule has 3 rings (SSSR count). The number of hydrogen-bond donors (Lipinski definition) is 1. The second kappa shape index (κ2) is 4.29. The van der Waals surface area contributed by atoms with E-state index in [9.17, 15) is 0 Å². The monoisotopic (exact) mass is 240 g/mol. The van der Waals surface area contributed by atoms with Crippen LogP contribution in [0.3, 0.4) is 0 Å². The number of anilines is 3. The summed E-state index contributed by atoms with van der Waals surface area (Å²) in [5.74, 6) is 1.20. The Bertz CT molecular complexity index is 567. The third-order valence-electron chi connectivity index (χ3n) is 3.43. The van der Waals surface area contributed by atoms with Gasteiger partial charge in [0, 0.05) is 17.9 Å². The summed E-state index contributed by atoms with van der Waals surface area (Å²) < 4.78 is 0. The van der Waals surface area contributed by atoms with Crippen LogP contribution >= 0.6 is 0 Å². The van der Waals surface area contributed by atoms with Crippen LogP contribution in [-0.2, 0) is 6.42 Å². The van der Waals surface area contributed by atoms with Gasteiger partial charge in [-0.05, 0) is 37.5 Å². The molecule has 1 aromatic carbocycles. The van der Waals surface area contributed by atoms with E-state index >= 15 is 0 Å². The maximum atomic E-state index is 5.68. The third-order valence-corrected chi connectivity index (χ3v) is 3.43. The van der Waals surface area contributed by atoms with Gasteiger partial charge in [-0.1, -0.05) is 18.2 Å². The van der Waals surface area contributed by atoms with Gasteiger partial charge < -0.3 is 10.6 Å². The molecular weight excluding hydrogens is 224 g/mol. The molecule has 1 aliphatic rings. The van der Waals surface area contributed by atoms with E-state index in [-0.39, 0.29) is 0 Å². The Morgan fingerprint density at radius 3 is 2.94 bits per heavy atom. The van der Waals surface area contributed by atoms with Crippen molar-refractivity contribution >= 4 is 17.5 Å². The number of nitrogens with two attached hydrogens (primary N) is 1. The van der Waals surface area contributed by atoms with Crippen molar-refractivity contribution in [3.8, 4) is 0 Å². The number of rotatable bonds is 1. The molecule has 92 valence electrons. The lowest BCUT2D eigenvalue weighted by molar-refractivity contribution is 0.613. The second-order valence-electron chi connectivity index (χ2n) is 4.66. The quantitative estimate of drug-likeness (QED) is 0.832. The third kappa shape index (κ3) is 1.79. The van der Waals surface area contributed by atoms with Gasteiger partial charge in [-0.2, -0.15) is 4.98 Å². The lowest BCUT2D eigenvalue weighted by Gasteiger charge is -2.36. The Hall–Kier alpha value is -2.10. The van der Waals surface area contributed by atoms with Crippen LogP contribution in [0.2, 0.25) is 0 Å². The Morgan fingerprint density at radius 1 is 1.28 bits per heavy atom. The van der Waals surface area contributed by atoms with Gasteiger partial charge in [-0.15, -0.1) is 0 Å². The van der Waals surface area contributed by atoms with E-state index in [4.69, 9.17) is 5.73 Å². The van der Waals surface area contributed by atoms with Crippen LogP contribution in [0.1, 0.15) is 18.9 Å². The number of aromatic nitrogens is 2. The van der Waals surface area contributed by atoms with Crippen molar-refractivity contribution in [2.45, 2.75) is 25.8 Å². The van der Waals surface area contributed by atoms with Gasteiger partial charge in [0.25, 0.3) is 0 Å². The fourth-order valence-corrected chi connectivity index (χ4v) is 2.54. The van der Waals surface area contributed by atoms with Crippen LogP contribution in [0.25, 0.3) is 0 Å². The molecule has 0 saturated heterocycles. The number of hydrogen-bond acceptors (Lipinski definition) is 4. The summed E-state index contributed by atoms with van der Waals surface area (Å²) in [7, 11) is 0. The SMILES string of the molecule is CC1CCc2ccccc2N1c1ccnc(N)n1. The average Bonchev–Trinajstić information content (AvgIpc) is 2.38. The lowest BCUT2D eigenvalue weighted by Crippen LogP contribution is -2.33. The number of nitrogen functional groups attached to an aromatic ring is 1. The second-order valence-corrected chi connectivity index (χ2v) is 4.66. The van der Waals surface area contributed by atoms with Crippen LogP contribution < -0.4 is 10.6 Å². The number of nitrogens with zero attached hydrogens (tertiary/aromatic N) is 3. The highest BCUT2D eigenvalue weighted by molar-refractivity contribution is 5.66. The first-order valence-electron chi connectivity index (χ1n) is 6.21. The summed E-state index contributed by atoms with van der Waals surface area (Å²) in [4.78, 5) is 10.5. The smallest absolute Gasteiger partial charge is 0.221 e. The van der Waals surface area contributed by atoms with Gasteiger partial charge in [0.05, 0.1) is 0 Å². The molecule has 1 unspecified atom stereocenters. The standard InChI is InChI=1S/C14H16N4/c1-10-6-7-11-4-2-3-5-12(11)18(10)13-8-9-16-14(15)17-13/h2-5,8-10H,6-7H2,1H3,(H2,15,16,17). The van der Waals surface area contributed by atoms with Crippen molar-refractivity contribution in [2.24, 2.45) is 0 Å². The van der Waals surface area contributed by atoms with Crippen molar-refractivity contribution < 1.29 is 0 Å². The molecule has 1 aliphatic heterocycles. The predicted octanol–water partition coefficient (Wildman–Crippen LogP) is 2.53. The van der Waals surface area contributed by atoms with Crippen molar-refractivity contribution in [1.29, 1.82) is 0 Å². The first-order chi connectivity index (χ1) is 8.75. The fourth-order valence-electron chi connectivity index (χ4n) is 2.54.